The van der Waals surface area contributed by atoms with E-state index >= 15 is 0 Å². The molecule has 0 heterocycles. The maximum Gasteiger partial charge on any atom is 0.302 e. The third-order valence-electron chi connectivity index (χ3n) is 5.20. The van der Waals surface area contributed by atoms with E-state index in [0.29, 0.717) is 12.8 Å². The Morgan fingerprint density at radius 1 is 1.04 bits per heavy atom. The third kappa shape index (κ3) is 4.87. The van der Waals surface area contributed by atoms with E-state index in [2.05, 4.69) is 33.9 Å². The lowest BCUT2D eigenvalue weighted by atomic mass is 9.80. The van der Waals surface area contributed by atoms with Crippen molar-refractivity contribution < 1.29 is 23.5 Å². The highest BCUT2D eigenvalue weighted by atomic mass is 28.4. The van der Waals surface area contributed by atoms with Gasteiger partial charge in [-0.05, 0) is 37.9 Å². The minimum atomic E-state index is -2.09. The number of esters is 1. The van der Waals surface area contributed by atoms with Crippen molar-refractivity contribution in [3.63, 3.8) is 0 Å². The summed E-state index contributed by atoms with van der Waals surface area (Å²) in [5.74, 6) is -0.432. The molecule has 23 heavy (non-hydrogen) atoms. The molecule has 0 bridgehead atoms. The summed E-state index contributed by atoms with van der Waals surface area (Å²) in [6.45, 7) is 13.8. The van der Waals surface area contributed by atoms with Crippen molar-refractivity contribution in [1.82, 2.24) is 0 Å². The van der Waals surface area contributed by atoms with Gasteiger partial charge in [-0.25, -0.2) is 0 Å². The van der Waals surface area contributed by atoms with Gasteiger partial charge in [0.2, 0.25) is 0 Å². The Kier molecular flexibility index (Phi) is 6.58. The Balaban J connectivity index is 3.12. The fourth-order valence-electron chi connectivity index (χ4n) is 2.84. The van der Waals surface area contributed by atoms with Gasteiger partial charge in [-0.3, -0.25) is 9.59 Å². The molecule has 4 atom stereocenters. The number of Topliss-reactive ketones (excluding diaryl/α,β-unsaturated/α-hetero) is 1. The predicted octanol–water partition coefficient (Wildman–Crippen LogP) is 3.32. The van der Waals surface area contributed by atoms with Gasteiger partial charge in [-0.2, -0.15) is 0 Å². The molecule has 0 saturated heterocycles. The normalized spacial score (nSPS) is 29.2. The maximum atomic E-state index is 12.0. The lowest BCUT2D eigenvalue weighted by Crippen LogP contribution is -2.57. The van der Waals surface area contributed by atoms with Crippen LogP contribution >= 0.6 is 0 Å². The van der Waals surface area contributed by atoms with Crippen LogP contribution in [-0.4, -0.2) is 45.5 Å². The number of ether oxygens (including phenoxy) is 2. The first kappa shape index (κ1) is 20.3. The van der Waals surface area contributed by atoms with Crippen LogP contribution in [0.1, 0.15) is 47.5 Å². The van der Waals surface area contributed by atoms with Gasteiger partial charge in [-0.15, -0.1) is 0 Å². The summed E-state index contributed by atoms with van der Waals surface area (Å²) in [4.78, 5) is 23.4. The van der Waals surface area contributed by atoms with Crippen molar-refractivity contribution in [2.24, 2.45) is 5.92 Å². The van der Waals surface area contributed by atoms with Gasteiger partial charge >= 0.3 is 5.97 Å². The quantitative estimate of drug-likeness (QED) is 0.565. The molecular weight excluding hydrogens is 312 g/mol. The minimum Gasteiger partial charge on any atom is -0.460 e. The Morgan fingerprint density at radius 3 is 2.00 bits per heavy atom. The van der Waals surface area contributed by atoms with Gasteiger partial charge in [0.25, 0.3) is 0 Å². The number of rotatable bonds is 5. The van der Waals surface area contributed by atoms with E-state index in [-0.39, 0.29) is 34.9 Å². The number of carbonyl (C=O) groups is 2. The van der Waals surface area contributed by atoms with Crippen LogP contribution in [0.4, 0.5) is 0 Å². The number of methoxy groups -OCH3 is 1. The largest absolute Gasteiger partial charge is 0.460 e. The molecule has 1 saturated carbocycles. The highest BCUT2D eigenvalue weighted by Crippen LogP contribution is 2.41. The van der Waals surface area contributed by atoms with Crippen LogP contribution < -0.4 is 0 Å². The molecule has 0 aromatic heterocycles. The summed E-state index contributed by atoms with van der Waals surface area (Å²) in [5.41, 5.74) is 0. The van der Waals surface area contributed by atoms with Crippen molar-refractivity contribution in [3.05, 3.63) is 0 Å². The monoisotopic (exact) mass is 344 g/mol. The van der Waals surface area contributed by atoms with Gasteiger partial charge < -0.3 is 13.9 Å². The molecule has 0 aliphatic heterocycles. The number of hydrogen-bond acceptors (Lipinski definition) is 5. The van der Waals surface area contributed by atoms with Crippen molar-refractivity contribution in [1.29, 1.82) is 0 Å². The molecule has 6 heteroatoms. The Hall–Kier alpha value is -0.723. The van der Waals surface area contributed by atoms with Crippen molar-refractivity contribution >= 4 is 20.1 Å². The topological polar surface area (TPSA) is 61.8 Å². The van der Waals surface area contributed by atoms with Crippen LogP contribution in [0, 0.1) is 5.92 Å². The molecule has 0 aromatic carbocycles. The molecule has 0 N–H and O–H groups in total. The molecule has 1 aliphatic rings. The molecular formula is C17H32O5Si. The van der Waals surface area contributed by atoms with E-state index < -0.39 is 14.4 Å². The molecule has 5 nitrogen and oxygen atoms in total. The summed E-state index contributed by atoms with van der Waals surface area (Å²) in [6.07, 6.45) is 0.154. The zero-order chi connectivity index (χ0) is 18.0. The maximum absolute atomic E-state index is 12.0. The zero-order valence-corrected chi connectivity index (χ0v) is 16.8. The van der Waals surface area contributed by atoms with E-state index in [1.54, 1.807) is 14.0 Å². The molecule has 0 unspecified atom stereocenters. The fourth-order valence-corrected chi connectivity index (χ4v) is 4.16. The first-order chi connectivity index (χ1) is 10.4. The second-order valence-electron chi connectivity index (χ2n) is 7.99. The second-order valence-corrected chi connectivity index (χ2v) is 12.7. The second kappa shape index (κ2) is 7.45. The van der Waals surface area contributed by atoms with E-state index in [1.807, 2.05) is 0 Å². The van der Waals surface area contributed by atoms with Crippen LogP contribution in [0.25, 0.3) is 0 Å². The average Bonchev–Trinajstić information content (AvgIpc) is 2.37. The lowest BCUT2D eigenvalue weighted by Gasteiger charge is -2.46. The predicted molar refractivity (Wildman–Crippen MR) is 91.8 cm³/mol. The average molecular weight is 345 g/mol. The van der Waals surface area contributed by atoms with E-state index in [1.165, 1.54) is 6.92 Å². The molecule has 0 spiro atoms. The SMILES string of the molecule is CO[C@@H]1[C@@H](O[Si](C)(C)C(C)(C)C)[C@H](OC(C)=O)CC[C@H]1C(C)=O. The van der Waals surface area contributed by atoms with Crippen LogP contribution in [-0.2, 0) is 23.5 Å². The Labute approximate surface area is 141 Å². The molecule has 1 rings (SSSR count). The molecule has 1 fully saturated rings. The zero-order valence-electron chi connectivity index (χ0n) is 15.8. The summed E-state index contributed by atoms with van der Waals surface area (Å²) in [6, 6.07) is 0. The van der Waals surface area contributed by atoms with E-state index in [0.717, 1.165) is 0 Å². The summed E-state index contributed by atoms with van der Waals surface area (Å²) in [5, 5.41) is 0.0230. The van der Waals surface area contributed by atoms with Crippen molar-refractivity contribution in [3.8, 4) is 0 Å². The van der Waals surface area contributed by atoms with Crippen LogP contribution in [0.2, 0.25) is 18.1 Å². The molecule has 0 amide bonds. The number of ketones is 1. The number of hydrogen-bond donors (Lipinski definition) is 0. The number of carbonyl (C=O) groups excluding carboxylic acids is 2. The van der Waals surface area contributed by atoms with Crippen LogP contribution in [0.5, 0.6) is 0 Å². The fraction of sp³-hybridized carbons (Fsp3) is 0.882. The van der Waals surface area contributed by atoms with Crippen LogP contribution in [0.3, 0.4) is 0 Å². The van der Waals surface area contributed by atoms with Gasteiger partial charge in [0, 0.05) is 20.0 Å². The molecule has 0 radical (unpaired) electrons. The van der Waals surface area contributed by atoms with Crippen molar-refractivity contribution in [2.75, 3.05) is 7.11 Å². The summed E-state index contributed by atoms with van der Waals surface area (Å²) < 4.78 is 17.6. The highest BCUT2D eigenvalue weighted by Gasteiger charge is 2.49. The first-order valence-electron chi connectivity index (χ1n) is 8.29. The first-order valence-corrected chi connectivity index (χ1v) is 11.2. The van der Waals surface area contributed by atoms with Crippen LogP contribution in [0.15, 0.2) is 0 Å². The van der Waals surface area contributed by atoms with Crippen molar-refractivity contribution in [2.45, 2.75) is 83.9 Å². The minimum absolute atomic E-state index is 0.0230. The summed E-state index contributed by atoms with van der Waals surface area (Å²) >= 11 is 0. The summed E-state index contributed by atoms with van der Waals surface area (Å²) in [7, 11) is -0.494. The molecule has 134 valence electrons. The van der Waals surface area contributed by atoms with Gasteiger partial charge in [0.05, 0.1) is 6.10 Å². The van der Waals surface area contributed by atoms with Gasteiger partial charge in [0.1, 0.15) is 18.0 Å². The highest BCUT2D eigenvalue weighted by molar-refractivity contribution is 6.74. The third-order valence-corrected chi connectivity index (χ3v) is 9.67. The molecule has 0 aromatic rings. The smallest absolute Gasteiger partial charge is 0.302 e. The van der Waals surface area contributed by atoms with E-state index in [9.17, 15) is 9.59 Å². The standard InChI is InChI=1S/C17H32O5Si/c1-11(18)13-9-10-14(21-12(2)19)16(15(13)20-6)22-23(7,8)17(3,4)5/h13-16H,9-10H2,1-8H3/t13-,14+,15-,16-/m0/s1. The van der Waals surface area contributed by atoms with Gasteiger partial charge in [0.15, 0.2) is 8.32 Å². The van der Waals surface area contributed by atoms with E-state index in [4.69, 9.17) is 13.9 Å². The Bertz CT molecular complexity index is 441. The lowest BCUT2D eigenvalue weighted by molar-refractivity contribution is -0.170. The molecule has 1 aliphatic carbocycles. The Morgan fingerprint density at radius 2 is 1.61 bits per heavy atom. The van der Waals surface area contributed by atoms with Gasteiger partial charge in [-0.1, -0.05) is 20.8 Å².